The first-order valence-corrected chi connectivity index (χ1v) is 15.6. The highest BCUT2D eigenvalue weighted by atomic mass is 16.3. The molecule has 0 amide bonds. The summed E-state index contributed by atoms with van der Waals surface area (Å²) in [5.74, 6) is 0. The zero-order valence-corrected chi connectivity index (χ0v) is 25.3. The van der Waals surface area contributed by atoms with E-state index in [2.05, 4.69) is 164 Å². The predicted octanol–water partition coefficient (Wildman–Crippen LogP) is 12.2. The van der Waals surface area contributed by atoms with Gasteiger partial charge in [0.15, 0.2) is 0 Å². The molecule has 0 fully saturated rings. The van der Waals surface area contributed by atoms with E-state index in [9.17, 15) is 0 Å². The number of hydrogen-bond acceptors (Lipinski definition) is 2. The van der Waals surface area contributed by atoms with Crippen molar-refractivity contribution in [1.29, 1.82) is 0 Å². The molecule has 214 valence electrons. The van der Waals surface area contributed by atoms with Crippen LogP contribution in [0.1, 0.15) is 25.0 Å². The van der Waals surface area contributed by atoms with E-state index in [-0.39, 0.29) is 5.41 Å². The second kappa shape index (κ2) is 9.70. The van der Waals surface area contributed by atoms with Crippen LogP contribution >= 0.6 is 0 Å². The van der Waals surface area contributed by atoms with Gasteiger partial charge in [0.05, 0.1) is 0 Å². The topological polar surface area (TPSA) is 16.4 Å². The Morgan fingerprint density at radius 3 is 1.98 bits per heavy atom. The Balaban J connectivity index is 1.20. The molecule has 1 aliphatic rings. The average molecular weight is 578 g/mol. The standard InChI is InChI=1S/C43H31NO/c1-43(2)38-18-10-8-16-34(38)37-27-32(24-25-39(37)43)44(30-13-4-3-5-14-30)31-22-20-28(21-23-31)36-26-29-12-6-7-15-33(29)41-35-17-9-11-19-40(35)45-42(36)41/h3-27H,1-2H3. The average Bonchev–Trinajstić information content (AvgIpc) is 3.59. The molecular formula is C43H31NO. The molecule has 1 heterocycles. The largest absolute Gasteiger partial charge is 0.455 e. The maximum absolute atomic E-state index is 6.54. The number of rotatable bonds is 4. The van der Waals surface area contributed by atoms with Gasteiger partial charge in [0, 0.05) is 38.8 Å². The van der Waals surface area contributed by atoms with Gasteiger partial charge in [0.25, 0.3) is 0 Å². The summed E-state index contributed by atoms with van der Waals surface area (Å²) >= 11 is 0. The van der Waals surface area contributed by atoms with Gasteiger partial charge < -0.3 is 9.32 Å². The van der Waals surface area contributed by atoms with Crippen molar-refractivity contribution >= 4 is 49.8 Å². The van der Waals surface area contributed by atoms with Crippen molar-refractivity contribution in [2.24, 2.45) is 0 Å². The molecule has 2 nitrogen and oxygen atoms in total. The Morgan fingerprint density at radius 1 is 0.489 bits per heavy atom. The van der Waals surface area contributed by atoms with Crippen LogP contribution in [0.2, 0.25) is 0 Å². The summed E-state index contributed by atoms with van der Waals surface area (Å²) in [4.78, 5) is 2.36. The molecule has 0 N–H and O–H groups in total. The summed E-state index contributed by atoms with van der Waals surface area (Å²) in [6, 6.07) is 54.6. The van der Waals surface area contributed by atoms with Gasteiger partial charge in [0.2, 0.25) is 0 Å². The van der Waals surface area contributed by atoms with Crippen molar-refractivity contribution in [3.8, 4) is 22.3 Å². The minimum absolute atomic E-state index is 0.0223. The van der Waals surface area contributed by atoms with Crippen LogP contribution in [-0.4, -0.2) is 0 Å². The Labute approximate surface area is 262 Å². The van der Waals surface area contributed by atoms with Crippen LogP contribution in [0.25, 0.3) is 55.0 Å². The van der Waals surface area contributed by atoms with E-state index in [0.29, 0.717) is 0 Å². The Hall–Kier alpha value is -5.60. The van der Waals surface area contributed by atoms with Crippen LogP contribution in [0.15, 0.2) is 156 Å². The van der Waals surface area contributed by atoms with E-state index < -0.39 is 0 Å². The van der Waals surface area contributed by atoms with Gasteiger partial charge in [-0.25, -0.2) is 0 Å². The monoisotopic (exact) mass is 577 g/mol. The van der Waals surface area contributed by atoms with E-state index in [4.69, 9.17) is 4.42 Å². The lowest BCUT2D eigenvalue weighted by Crippen LogP contribution is -2.15. The number of benzene rings is 7. The smallest absolute Gasteiger partial charge is 0.143 e. The quantitative estimate of drug-likeness (QED) is 0.207. The molecule has 0 aliphatic heterocycles. The third-order valence-electron chi connectivity index (χ3n) is 9.65. The zero-order chi connectivity index (χ0) is 30.1. The van der Waals surface area contributed by atoms with Gasteiger partial charge in [0.1, 0.15) is 11.2 Å². The highest BCUT2D eigenvalue weighted by molar-refractivity contribution is 6.22. The van der Waals surface area contributed by atoms with Gasteiger partial charge in [-0.15, -0.1) is 0 Å². The molecule has 7 aromatic carbocycles. The predicted molar refractivity (Wildman–Crippen MR) is 189 cm³/mol. The minimum Gasteiger partial charge on any atom is -0.455 e. The van der Waals surface area contributed by atoms with Gasteiger partial charge in [-0.3, -0.25) is 0 Å². The molecule has 0 unspecified atom stereocenters. The normalized spacial score (nSPS) is 13.3. The first-order chi connectivity index (χ1) is 22.1. The lowest BCUT2D eigenvalue weighted by Gasteiger charge is -2.27. The van der Waals surface area contributed by atoms with Crippen LogP contribution in [-0.2, 0) is 5.41 Å². The lowest BCUT2D eigenvalue weighted by atomic mass is 9.82. The van der Waals surface area contributed by atoms with Crippen molar-refractivity contribution in [2.45, 2.75) is 19.3 Å². The first kappa shape index (κ1) is 25.9. The summed E-state index contributed by atoms with van der Waals surface area (Å²) in [5, 5.41) is 4.76. The summed E-state index contributed by atoms with van der Waals surface area (Å²) in [5.41, 5.74) is 12.8. The molecule has 0 saturated heterocycles. The van der Waals surface area contributed by atoms with Crippen molar-refractivity contribution < 1.29 is 4.42 Å². The molecular weight excluding hydrogens is 546 g/mol. The molecule has 1 aromatic heterocycles. The van der Waals surface area contributed by atoms with Crippen LogP contribution in [0.4, 0.5) is 17.1 Å². The third-order valence-corrected chi connectivity index (χ3v) is 9.65. The number of furan rings is 1. The maximum atomic E-state index is 6.54. The molecule has 1 aliphatic carbocycles. The second-order valence-corrected chi connectivity index (χ2v) is 12.6. The number of para-hydroxylation sites is 2. The summed E-state index contributed by atoms with van der Waals surface area (Å²) in [6.45, 7) is 4.66. The summed E-state index contributed by atoms with van der Waals surface area (Å²) < 4.78 is 6.54. The summed E-state index contributed by atoms with van der Waals surface area (Å²) in [6.07, 6.45) is 0. The molecule has 0 atom stereocenters. The van der Waals surface area contributed by atoms with Crippen molar-refractivity contribution in [1.82, 2.24) is 0 Å². The van der Waals surface area contributed by atoms with E-state index in [1.165, 1.54) is 38.4 Å². The maximum Gasteiger partial charge on any atom is 0.143 e. The van der Waals surface area contributed by atoms with Crippen LogP contribution in [0.5, 0.6) is 0 Å². The molecule has 8 aromatic rings. The van der Waals surface area contributed by atoms with E-state index in [1.54, 1.807) is 0 Å². The Bertz CT molecular complexity index is 2400. The van der Waals surface area contributed by atoms with E-state index in [0.717, 1.165) is 44.7 Å². The zero-order valence-electron chi connectivity index (χ0n) is 25.3. The van der Waals surface area contributed by atoms with Gasteiger partial charge >= 0.3 is 0 Å². The van der Waals surface area contributed by atoms with Gasteiger partial charge in [-0.1, -0.05) is 117 Å². The van der Waals surface area contributed by atoms with Crippen molar-refractivity contribution in [3.63, 3.8) is 0 Å². The number of anilines is 3. The molecule has 0 radical (unpaired) electrons. The third kappa shape index (κ3) is 3.89. The van der Waals surface area contributed by atoms with Gasteiger partial charge in [-0.2, -0.15) is 0 Å². The van der Waals surface area contributed by atoms with Crippen LogP contribution in [0.3, 0.4) is 0 Å². The Kier molecular flexibility index (Phi) is 5.58. The molecule has 2 heteroatoms. The Morgan fingerprint density at radius 2 is 1.13 bits per heavy atom. The fourth-order valence-corrected chi connectivity index (χ4v) is 7.45. The molecule has 0 bridgehead atoms. The second-order valence-electron chi connectivity index (χ2n) is 12.6. The van der Waals surface area contributed by atoms with Crippen molar-refractivity contribution in [3.05, 3.63) is 163 Å². The highest BCUT2D eigenvalue weighted by Gasteiger charge is 2.35. The van der Waals surface area contributed by atoms with Crippen LogP contribution < -0.4 is 4.90 Å². The van der Waals surface area contributed by atoms with E-state index in [1.807, 2.05) is 6.07 Å². The minimum atomic E-state index is -0.0223. The SMILES string of the molecule is CC1(C)c2ccccc2-c2cc(N(c3ccccc3)c3ccc(-c4cc5ccccc5c5c4oc4ccccc45)cc3)ccc21. The fraction of sp³-hybridized carbons (Fsp3) is 0.0698. The summed E-state index contributed by atoms with van der Waals surface area (Å²) in [7, 11) is 0. The molecule has 9 rings (SSSR count). The molecule has 0 spiro atoms. The highest BCUT2D eigenvalue weighted by Crippen LogP contribution is 2.50. The number of fused-ring (bicyclic) bond motifs is 8. The fourth-order valence-electron chi connectivity index (χ4n) is 7.45. The van der Waals surface area contributed by atoms with Crippen molar-refractivity contribution in [2.75, 3.05) is 4.90 Å². The van der Waals surface area contributed by atoms with E-state index >= 15 is 0 Å². The van der Waals surface area contributed by atoms with Crippen LogP contribution in [0, 0.1) is 0 Å². The number of hydrogen-bond donors (Lipinski definition) is 0. The first-order valence-electron chi connectivity index (χ1n) is 15.6. The van der Waals surface area contributed by atoms with Gasteiger partial charge in [-0.05, 0) is 87.1 Å². The lowest BCUT2D eigenvalue weighted by molar-refractivity contribution is 0.660. The molecule has 0 saturated carbocycles. The molecule has 45 heavy (non-hydrogen) atoms. The number of nitrogens with zero attached hydrogens (tertiary/aromatic N) is 1.